The van der Waals surface area contributed by atoms with E-state index in [1.54, 1.807) is 4.68 Å². The van der Waals surface area contributed by atoms with E-state index in [0.29, 0.717) is 18.1 Å². The van der Waals surface area contributed by atoms with Gasteiger partial charge in [-0.15, -0.1) is 5.11 Å². The van der Waals surface area contributed by atoms with Gasteiger partial charge < -0.3 is 10.5 Å². The third-order valence-corrected chi connectivity index (χ3v) is 3.48. The van der Waals surface area contributed by atoms with Crippen LogP contribution in [0.5, 0.6) is 5.75 Å². The summed E-state index contributed by atoms with van der Waals surface area (Å²) >= 11 is 0. The Balaban J connectivity index is 1.86. The Labute approximate surface area is 140 Å². The average Bonchev–Trinajstić information content (AvgIpc) is 2.90. The Bertz CT molecular complexity index is 838. The lowest BCUT2D eigenvalue weighted by atomic mass is 10.3. The van der Waals surface area contributed by atoms with Gasteiger partial charge in [-0.3, -0.25) is 0 Å². The zero-order chi connectivity index (χ0) is 16.9. The summed E-state index contributed by atoms with van der Waals surface area (Å²) in [5, 5.41) is 13.0. The molecule has 0 aliphatic heterocycles. The fraction of sp³-hybridized carbons (Fsp3) is 0.167. The highest BCUT2D eigenvalue weighted by Gasteiger charge is 2.13. The van der Waals surface area contributed by atoms with Gasteiger partial charge in [-0.25, -0.2) is 4.68 Å². The number of nitrogens with zero attached hydrogens (tertiary/aromatic N) is 4. The fourth-order valence-electron chi connectivity index (χ4n) is 2.31. The maximum absolute atomic E-state index is 6.19. The first kappa shape index (κ1) is 15.7. The Kier molecular flexibility index (Phi) is 4.56. The molecule has 0 bridgehead atoms. The molecule has 0 spiro atoms. The zero-order valence-electron chi connectivity index (χ0n) is 13.7. The molecular formula is C18H19N5O. The summed E-state index contributed by atoms with van der Waals surface area (Å²) in [6.07, 6.45) is 0. The minimum absolute atomic E-state index is 0.466. The first-order valence-corrected chi connectivity index (χ1v) is 7.74. The quantitative estimate of drug-likeness (QED) is 0.699. The van der Waals surface area contributed by atoms with Crippen LogP contribution in [0.3, 0.4) is 0 Å². The van der Waals surface area contributed by atoms with Crippen molar-refractivity contribution in [1.82, 2.24) is 9.78 Å². The van der Waals surface area contributed by atoms with E-state index in [0.717, 1.165) is 22.8 Å². The van der Waals surface area contributed by atoms with Crippen molar-refractivity contribution in [1.29, 1.82) is 0 Å². The molecule has 0 unspecified atom stereocenters. The van der Waals surface area contributed by atoms with Crippen molar-refractivity contribution in [3.05, 3.63) is 60.3 Å². The lowest BCUT2D eigenvalue weighted by Crippen LogP contribution is -2.01. The normalized spacial score (nSPS) is 11.1. The van der Waals surface area contributed by atoms with Crippen LogP contribution in [0.1, 0.15) is 12.6 Å². The Morgan fingerprint density at radius 2 is 1.75 bits per heavy atom. The number of para-hydroxylation sites is 1. The molecule has 0 aliphatic rings. The van der Waals surface area contributed by atoms with Gasteiger partial charge in [-0.2, -0.15) is 10.2 Å². The van der Waals surface area contributed by atoms with E-state index in [4.69, 9.17) is 10.5 Å². The van der Waals surface area contributed by atoms with Gasteiger partial charge in [0, 0.05) is 0 Å². The van der Waals surface area contributed by atoms with E-state index in [-0.39, 0.29) is 0 Å². The summed E-state index contributed by atoms with van der Waals surface area (Å²) in [5.74, 6) is 1.28. The van der Waals surface area contributed by atoms with E-state index in [1.807, 2.05) is 68.4 Å². The lowest BCUT2D eigenvalue weighted by Gasteiger charge is -2.03. The second kappa shape index (κ2) is 6.95. The minimum Gasteiger partial charge on any atom is -0.494 e. The highest BCUT2D eigenvalue weighted by molar-refractivity contribution is 5.64. The standard InChI is InChI=1S/C18H19N5O/c1-3-24-16-11-9-14(10-12-16)20-21-17-13(2)22-23(18(17)19)15-7-5-4-6-8-15/h4-12H,3,19H2,1-2H3. The second-order valence-corrected chi connectivity index (χ2v) is 5.19. The molecule has 3 rings (SSSR count). The largest absolute Gasteiger partial charge is 0.494 e. The van der Waals surface area contributed by atoms with Crippen LogP contribution in [0.15, 0.2) is 64.8 Å². The van der Waals surface area contributed by atoms with Crippen molar-refractivity contribution in [2.75, 3.05) is 12.3 Å². The Hall–Kier alpha value is -3.15. The summed E-state index contributed by atoms with van der Waals surface area (Å²) in [6, 6.07) is 17.1. The number of azo groups is 1. The van der Waals surface area contributed by atoms with E-state index in [2.05, 4.69) is 15.3 Å². The molecule has 0 radical (unpaired) electrons. The molecule has 0 saturated carbocycles. The lowest BCUT2D eigenvalue weighted by molar-refractivity contribution is 0.340. The maximum Gasteiger partial charge on any atom is 0.155 e. The number of hydrogen-bond donors (Lipinski definition) is 1. The van der Waals surface area contributed by atoms with Crippen LogP contribution in [-0.4, -0.2) is 16.4 Å². The van der Waals surface area contributed by atoms with Crippen molar-refractivity contribution < 1.29 is 4.74 Å². The van der Waals surface area contributed by atoms with Gasteiger partial charge in [0.1, 0.15) is 5.75 Å². The molecule has 0 saturated heterocycles. The summed E-state index contributed by atoms with van der Waals surface area (Å²) < 4.78 is 7.08. The smallest absolute Gasteiger partial charge is 0.155 e. The van der Waals surface area contributed by atoms with Crippen LogP contribution in [-0.2, 0) is 0 Å². The number of nitrogen functional groups attached to an aromatic ring is 1. The van der Waals surface area contributed by atoms with Gasteiger partial charge in [0.05, 0.1) is 23.7 Å². The van der Waals surface area contributed by atoms with Crippen molar-refractivity contribution in [2.45, 2.75) is 13.8 Å². The SMILES string of the molecule is CCOc1ccc(N=Nc2c(C)nn(-c3ccccc3)c2N)cc1. The number of hydrogen-bond acceptors (Lipinski definition) is 5. The highest BCUT2D eigenvalue weighted by atomic mass is 16.5. The van der Waals surface area contributed by atoms with E-state index >= 15 is 0 Å². The predicted octanol–water partition coefficient (Wildman–Crippen LogP) is 4.58. The molecule has 3 aromatic rings. The highest BCUT2D eigenvalue weighted by Crippen LogP contribution is 2.30. The molecule has 2 N–H and O–H groups in total. The van der Waals surface area contributed by atoms with Crippen molar-refractivity contribution in [2.24, 2.45) is 10.2 Å². The molecule has 0 aliphatic carbocycles. The van der Waals surface area contributed by atoms with Crippen molar-refractivity contribution in [3.8, 4) is 11.4 Å². The van der Waals surface area contributed by atoms with Crippen LogP contribution in [0, 0.1) is 6.92 Å². The summed E-state index contributed by atoms with van der Waals surface area (Å²) in [4.78, 5) is 0. The summed E-state index contributed by atoms with van der Waals surface area (Å²) in [7, 11) is 0. The van der Waals surface area contributed by atoms with Crippen LogP contribution in [0.2, 0.25) is 0 Å². The van der Waals surface area contributed by atoms with Crippen molar-refractivity contribution in [3.63, 3.8) is 0 Å². The summed E-state index contributed by atoms with van der Waals surface area (Å²) in [5.41, 5.74) is 9.11. The first-order valence-electron chi connectivity index (χ1n) is 7.74. The molecular weight excluding hydrogens is 302 g/mol. The van der Waals surface area contributed by atoms with Gasteiger partial charge in [-0.1, -0.05) is 18.2 Å². The molecule has 0 amide bonds. The molecule has 0 fully saturated rings. The molecule has 24 heavy (non-hydrogen) atoms. The maximum atomic E-state index is 6.19. The number of benzene rings is 2. The summed E-state index contributed by atoms with van der Waals surface area (Å²) in [6.45, 7) is 4.45. The van der Waals surface area contributed by atoms with Gasteiger partial charge in [0.25, 0.3) is 0 Å². The van der Waals surface area contributed by atoms with E-state index < -0.39 is 0 Å². The molecule has 1 heterocycles. The minimum atomic E-state index is 0.466. The molecule has 2 aromatic carbocycles. The molecule has 1 aromatic heterocycles. The molecule has 0 atom stereocenters. The van der Waals surface area contributed by atoms with Gasteiger partial charge >= 0.3 is 0 Å². The molecule has 6 nitrogen and oxygen atoms in total. The first-order chi connectivity index (χ1) is 11.7. The molecule has 122 valence electrons. The van der Waals surface area contributed by atoms with Crippen LogP contribution in [0.4, 0.5) is 17.2 Å². The monoisotopic (exact) mass is 321 g/mol. The van der Waals surface area contributed by atoms with E-state index in [1.165, 1.54) is 0 Å². The number of ether oxygens (including phenoxy) is 1. The number of aromatic nitrogens is 2. The molecule has 6 heteroatoms. The van der Waals surface area contributed by atoms with Crippen LogP contribution >= 0.6 is 0 Å². The topological polar surface area (TPSA) is 77.8 Å². The number of aryl methyl sites for hydroxylation is 1. The number of rotatable bonds is 5. The fourth-order valence-corrected chi connectivity index (χ4v) is 2.31. The van der Waals surface area contributed by atoms with Gasteiger partial charge in [0.15, 0.2) is 11.5 Å². The zero-order valence-corrected chi connectivity index (χ0v) is 13.7. The Morgan fingerprint density at radius 1 is 1.04 bits per heavy atom. The predicted molar refractivity (Wildman–Crippen MR) is 94.5 cm³/mol. The third-order valence-electron chi connectivity index (χ3n) is 3.48. The van der Waals surface area contributed by atoms with Gasteiger partial charge in [-0.05, 0) is 50.2 Å². The van der Waals surface area contributed by atoms with E-state index in [9.17, 15) is 0 Å². The average molecular weight is 321 g/mol. The number of anilines is 1. The third kappa shape index (κ3) is 3.27. The second-order valence-electron chi connectivity index (χ2n) is 5.19. The van der Waals surface area contributed by atoms with Gasteiger partial charge in [0.2, 0.25) is 0 Å². The Morgan fingerprint density at radius 3 is 2.42 bits per heavy atom. The number of nitrogens with two attached hydrogens (primary N) is 1. The van der Waals surface area contributed by atoms with Crippen molar-refractivity contribution >= 4 is 17.2 Å². The van der Waals surface area contributed by atoms with Crippen LogP contribution in [0.25, 0.3) is 5.69 Å². The van der Waals surface area contributed by atoms with Crippen LogP contribution < -0.4 is 10.5 Å².